The van der Waals surface area contributed by atoms with E-state index in [1.165, 1.54) is 0 Å². The second-order valence-electron chi connectivity index (χ2n) is 5.24. The Morgan fingerprint density at radius 2 is 2.27 bits per heavy atom. The molecule has 112 valence electrons. The highest BCUT2D eigenvalue weighted by Crippen LogP contribution is 2.34. The van der Waals surface area contributed by atoms with Crippen molar-refractivity contribution in [3.8, 4) is 11.6 Å². The lowest BCUT2D eigenvalue weighted by atomic mass is 10.0. The normalized spacial score (nSPS) is 17.0. The quantitative estimate of drug-likeness (QED) is 0.773. The molecule has 0 aliphatic carbocycles. The molecule has 0 saturated carbocycles. The van der Waals surface area contributed by atoms with Crippen molar-refractivity contribution in [2.75, 3.05) is 19.5 Å². The minimum atomic E-state index is 0.0865. The Morgan fingerprint density at radius 1 is 1.36 bits per heavy atom. The first-order valence-corrected chi connectivity index (χ1v) is 6.99. The number of hydrogen-bond donors (Lipinski definition) is 1. The number of nitrogens with two attached hydrogens (primary N) is 1. The van der Waals surface area contributed by atoms with Gasteiger partial charge in [0, 0.05) is 24.2 Å². The smallest absolute Gasteiger partial charge is 0.213 e. The molecule has 3 aromatic heterocycles. The second-order valence-corrected chi connectivity index (χ2v) is 5.24. The van der Waals surface area contributed by atoms with Gasteiger partial charge in [0.2, 0.25) is 5.88 Å². The lowest BCUT2D eigenvalue weighted by molar-refractivity contribution is 0.214. The van der Waals surface area contributed by atoms with E-state index in [2.05, 4.69) is 15.1 Å². The van der Waals surface area contributed by atoms with Crippen LogP contribution in [0.25, 0.3) is 11.0 Å². The SMILES string of the molecule is COc1ccc2ncc3c(c2n1)CC(n1cc(N)cn1)CO3. The predicted molar refractivity (Wildman–Crippen MR) is 81.0 cm³/mol. The van der Waals surface area contributed by atoms with E-state index in [4.69, 9.17) is 15.2 Å². The molecule has 1 aliphatic rings. The largest absolute Gasteiger partial charge is 0.489 e. The van der Waals surface area contributed by atoms with Gasteiger partial charge in [-0.3, -0.25) is 9.67 Å². The summed E-state index contributed by atoms with van der Waals surface area (Å²) in [4.78, 5) is 8.91. The van der Waals surface area contributed by atoms with Crippen molar-refractivity contribution in [2.45, 2.75) is 12.5 Å². The van der Waals surface area contributed by atoms with Crippen molar-refractivity contribution in [3.63, 3.8) is 0 Å². The summed E-state index contributed by atoms with van der Waals surface area (Å²) in [5, 5.41) is 4.28. The zero-order chi connectivity index (χ0) is 15.1. The molecule has 4 heterocycles. The van der Waals surface area contributed by atoms with Crippen LogP contribution in [0.4, 0.5) is 5.69 Å². The minimum Gasteiger partial charge on any atom is -0.489 e. The zero-order valence-corrected chi connectivity index (χ0v) is 12.1. The molecule has 0 fully saturated rings. The van der Waals surface area contributed by atoms with E-state index in [0.29, 0.717) is 18.2 Å². The molecule has 0 bridgehead atoms. The van der Waals surface area contributed by atoms with Crippen LogP contribution in [0.2, 0.25) is 0 Å². The van der Waals surface area contributed by atoms with Gasteiger partial charge in [-0.05, 0) is 6.07 Å². The number of rotatable bonds is 2. The van der Waals surface area contributed by atoms with Gasteiger partial charge in [0.25, 0.3) is 0 Å². The Hall–Kier alpha value is -2.83. The maximum Gasteiger partial charge on any atom is 0.213 e. The molecule has 1 unspecified atom stereocenters. The molecule has 0 spiro atoms. The number of nitrogen functional groups attached to an aromatic ring is 1. The number of aromatic nitrogens is 4. The number of fused-ring (bicyclic) bond motifs is 3. The first-order valence-electron chi connectivity index (χ1n) is 6.99. The van der Waals surface area contributed by atoms with Gasteiger partial charge in [-0.1, -0.05) is 0 Å². The Bertz CT molecular complexity index is 840. The van der Waals surface area contributed by atoms with Gasteiger partial charge in [0.05, 0.1) is 42.3 Å². The number of nitrogens with zero attached hydrogens (tertiary/aromatic N) is 4. The molecular formula is C15H15N5O2. The van der Waals surface area contributed by atoms with E-state index in [1.807, 2.05) is 16.9 Å². The number of pyridine rings is 2. The predicted octanol–water partition coefficient (Wildman–Crippen LogP) is 1.59. The fraction of sp³-hybridized carbons (Fsp3) is 0.267. The van der Waals surface area contributed by atoms with Gasteiger partial charge in [0.1, 0.15) is 12.4 Å². The highest BCUT2D eigenvalue weighted by molar-refractivity contribution is 5.80. The zero-order valence-electron chi connectivity index (χ0n) is 12.1. The molecule has 1 aliphatic heterocycles. The first-order chi connectivity index (χ1) is 10.7. The van der Waals surface area contributed by atoms with Crippen LogP contribution in [-0.2, 0) is 6.42 Å². The summed E-state index contributed by atoms with van der Waals surface area (Å²) in [5.74, 6) is 1.33. The number of hydrogen-bond acceptors (Lipinski definition) is 6. The highest BCUT2D eigenvalue weighted by Gasteiger charge is 2.25. The molecule has 0 amide bonds. The van der Waals surface area contributed by atoms with Crippen LogP contribution in [0.1, 0.15) is 11.6 Å². The lowest BCUT2D eigenvalue weighted by Crippen LogP contribution is -2.25. The van der Waals surface area contributed by atoms with Gasteiger partial charge in [0.15, 0.2) is 0 Å². The number of methoxy groups -OCH3 is 1. The summed E-state index contributed by atoms with van der Waals surface area (Å²) < 4.78 is 12.9. The topological polar surface area (TPSA) is 88.1 Å². The van der Waals surface area contributed by atoms with E-state index >= 15 is 0 Å². The van der Waals surface area contributed by atoms with Crippen molar-refractivity contribution in [3.05, 3.63) is 36.3 Å². The van der Waals surface area contributed by atoms with Crippen molar-refractivity contribution >= 4 is 16.7 Å². The fourth-order valence-corrected chi connectivity index (χ4v) is 2.72. The van der Waals surface area contributed by atoms with Crippen LogP contribution in [0, 0.1) is 0 Å². The summed E-state index contributed by atoms with van der Waals surface area (Å²) in [6.07, 6.45) is 5.97. The molecule has 7 nitrogen and oxygen atoms in total. The summed E-state index contributed by atoms with van der Waals surface area (Å²) >= 11 is 0. The molecule has 22 heavy (non-hydrogen) atoms. The van der Waals surface area contributed by atoms with Crippen molar-refractivity contribution in [2.24, 2.45) is 0 Å². The molecular weight excluding hydrogens is 282 g/mol. The average Bonchev–Trinajstić information content (AvgIpc) is 3.00. The molecule has 7 heteroatoms. The van der Waals surface area contributed by atoms with Crippen LogP contribution in [0.15, 0.2) is 30.7 Å². The van der Waals surface area contributed by atoms with Crippen LogP contribution in [0.5, 0.6) is 11.6 Å². The van der Waals surface area contributed by atoms with Gasteiger partial charge in [-0.15, -0.1) is 0 Å². The maximum absolute atomic E-state index is 5.84. The number of ether oxygens (including phenoxy) is 2. The van der Waals surface area contributed by atoms with E-state index in [-0.39, 0.29) is 6.04 Å². The van der Waals surface area contributed by atoms with E-state index in [9.17, 15) is 0 Å². The molecule has 0 aromatic carbocycles. The monoisotopic (exact) mass is 297 g/mol. The van der Waals surface area contributed by atoms with Crippen molar-refractivity contribution in [1.29, 1.82) is 0 Å². The minimum absolute atomic E-state index is 0.0865. The molecule has 3 aromatic rings. The fourth-order valence-electron chi connectivity index (χ4n) is 2.72. The van der Waals surface area contributed by atoms with Gasteiger partial charge in [-0.2, -0.15) is 5.10 Å². The summed E-state index contributed by atoms with van der Waals surface area (Å²) in [6.45, 7) is 0.533. The lowest BCUT2D eigenvalue weighted by Gasteiger charge is -2.25. The molecule has 1 atom stereocenters. The Morgan fingerprint density at radius 3 is 3.05 bits per heavy atom. The van der Waals surface area contributed by atoms with E-state index < -0.39 is 0 Å². The third-order valence-corrected chi connectivity index (χ3v) is 3.83. The van der Waals surface area contributed by atoms with Gasteiger partial charge >= 0.3 is 0 Å². The molecule has 2 N–H and O–H groups in total. The third-order valence-electron chi connectivity index (χ3n) is 3.83. The Balaban J connectivity index is 1.80. The Kier molecular flexibility index (Phi) is 2.85. The maximum atomic E-state index is 5.84. The van der Waals surface area contributed by atoms with Crippen molar-refractivity contribution < 1.29 is 9.47 Å². The standard InChI is InChI=1S/C15H15N5O2/c1-21-14-3-2-12-15(19-14)11-4-10(8-22-13(11)6-17-12)20-7-9(16)5-18-20/h2-3,5-7,10H,4,8,16H2,1H3. The van der Waals surface area contributed by atoms with Gasteiger partial charge in [-0.25, -0.2) is 4.98 Å². The highest BCUT2D eigenvalue weighted by atomic mass is 16.5. The molecule has 0 radical (unpaired) electrons. The Labute approximate surface area is 126 Å². The van der Waals surface area contributed by atoms with Crippen LogP contribution >= 0.6 is 0 Å². The van der Waals surface area contributed by atoms with Crippen LogP contribution in [-0.4, -0.2) is 33.5 Å². The van der Waals surface area contributed by atoms with Crippen LogP contribution < -0.4 is 15.2 Å². The third kappa shape index (κ3) is 2.02. The van der Waals surface area contributed by atoms with Gasteiger partial charge < -0.3 is 15.2 Å². The number of anilines is 1. The van der Waals surface area contributed by atoms with Crippen LogP contribution in [0.3, 0.4) is 0 Å². The molecule has 0 saturated heterocycles. The summed E-state index contributed by atoms with van der Waals surface area (Å²) in [6, 6.07) is 3.79. The first kappa shape index (κ1) is 12.9. The molecule has 4 rings (SSSR count). The van der Waals surface area contributed by atoms with Crippen molar-refractivity contribution in [1.82, 2.24) is 19.7 Å². The summed E-state index contributed by atoms with van der Waals surface area (Å²) in [5.41, 5.74) is 9.04. The summed E-state index contributed by atoms with van der Waals surface area (Å²) in [7, 11) is 1.60. The average molecular weight is 297 g/mol. The van der Waals surface area contributed by atoms with E-state index in [1.54, 1.807) is 25.6 Å². The second kappa shape index (κ2) is 4.87. The van der Waals surface area contributed by atoms with E-state index in [0.717, 1.165) is 28.8 Å².